The van der Waals surface area contributed by atoms with Gasteiger partial charge in [0.1, 0.15) is 0 Å². The van der Waals surface area contributed by atoms with Gasteiger partial charge in [-0.3, -0.25) is 4.79 Å². The van der Waals surface area contributed by atoms with E-state index in [1.165, 1.54) is 0 Å². The number of amides is 1. The van der Waals surface area contributed by atoms with Crippen LogP contribution in [-0.4, -0.2) is 18.0 Å². The fraction of sp³-hybridized carbons (Fsp3) is 0.533. The second-order valence-electron chi connectivity index (χ2n) is 5.06. The maximum absolute atomic E-state index is 12.5. The summed E-state index contributed by atoms with van der Waals surface area (Å²) in [5.74, 6) is -0.00236. The Hall–Kier alpha value is -1.35. The molecular formula is C15H24N2O. The van der Waals surface area contributed by atoms with Gasteiger partial charge in [0, 0.05) is 12.2 Å². The molecule has 1 amide bonds. The molecule has 0 radical (unpaired) electrons. The fourth-order valence-corrected chi connectivity index (χ4v) is 2.17. The summed E-state index contributed by atoms with van der Waals surface area (Å²) in [4.78, 5) is 14.3. The lowest BCUT2D eigenvalue weighted by molar-refractivity contribution is -0.123. The van der Waals surface area contributed by atoms with Crippen LogP contribution in [0.4, 0.5) is 5.69 Å². The Morgan fingerprint density at radius 1 is 1.39 bits per heavy atom. The molecule has 0 saturated heterocycles. The summed E-state index contributed by atoms with van der Waals surface area (Å²) in [6, 6.07) is 7.96. The third-order valence-corrected chi connectivity index (χ3v) is 3.13. The van der Waals surface area contributed by atoms with E-state index >= 15 is 0 Å². The summed E-state index contributed by atoms with van der Waals surface area (Å²) < 4.78 is 0. The van der Waals surface area contributed by atoms with Gasteiger partial charge in [0.25, 0.3) is 0 Å². The van der Waals surface area contributed by atoms with E-state index in [0.717, 1.165) is 17.7 Å². The molecule has 1 unspecified atom stereocenters. The highest BCUT2D eigenvalue weighted by atomic mass is 16.2. The van der Waals surface area contributed by atoms with Crippen LogP contribution < -0.4 is 10.6 Å². The second kappa shape index (κ2) is 6.01. The molecule has 100 valence electrons. The number of nitrogens with two attached hydrogens (primary N) is 1. The fourth-order valence-electron chi connectivity index (χ4n) is 2.17. The van der Waals surface area contributed by atoms with Crippen molar-refractivity contribution in [3.63, 3.8) is 0 Å². The minimum atomic E-state index is -0.783. The van der Waals surface area contributed by atoms with Crippen molar-refractivity contribution in [1.82, 2.24) is 0 Å². The number of carbonyl (C=O) groups is 1. The first kappa shape index (κ1) is 14.7. The van der Waals surface area contributed by atoms with Crippen LogP contribution in [0, 0.1) is 6.92 Å². The maximum atomic E-state index is 12.5. The normalized spacial score (nSPS) is 14.1. The molecule has 1 aromatic rings. The Bertz CT molecular complexity index is 413. The van der Waals surface area contributed by atoms with Crippen LogP contribution in [0.25, 0.3) is 0 Å². The largest absolute Gasteiger partial charge is 0.318 e. The molecule has 3 nitrogen and oxygen atoms in total. The Labute approximate surface area is 110 Å². The molecule has 1 aromatic carbocycles. The second-order valence-corrected chi connectivity index (χ2v) is 5.06. The van der Waals surface area contributed by atoms with Crippen molar-refractivity contribution in [2.75, 3.05) is 11.4 Å². The summed E-state index contributed by atoms with van der Waals surface area (Å²) in [5.41, 5.74) is 7.42. The van der Waals surface area contributed by atoms with Crippen molar-refractivity contribution in [2.24, 2.45) is 5.73 Å². The van der Waals surface area contributed by atoms with E-state index in [2.05, 4.69) is 0 Å². The van der Waals surface area contributed by atoms with Gasteiger partial charge in [0.05, 0.1) is 5.54 Å². The molecule has 0 fully saturated rings. The third-order valence-electron chi connectivity index (χ3n) is 3.13. The molecule has 3 heteroatoms. The molecular weight excluding hydrogens is 224 g/mol. The van der Waals surface area contributed by atoms with E-state index < -0.39 is 5.54 Å². The lowest BCUT2D eigenvalue weighted by Crippen LogP contribution is -2.53. The lowest BCUT2D eigenvalue weighted by atomic mass is 9.95. The molecule has 0 aliphatic heterocycles. The number of likely N-dealkylation sites (N-methyl/N-ethyl adjacent to an activating group) is 1. The summed E-state index contributed by atoms with van der Waals surface area (Å²) >= 11 is 0. The monoisotopic (exact) mass is 248 g/mol. The number of benzene rings is 1. The minimum Gasteiger partial charge on any atom is -0.318 e. The van der Waals surface area contributed by atoms with Gasteiger partial charge in [-0.1, -0.05) is 25.5 Å². The average Bonchev–Trinajstić information content (AvgIpc) is 2.30. The van der Waals surface area contributed by atoms with Crippen molar-refractivity contribution in [2.45, 2.75) is 46.1 Å². The van der Waals surface area contributed by atoms with Crippen LogP contribution >= 0.6 is 0 Å². The van der Waals surface area contributed by atoms with Gasteiger partial charge in [0.2, 0.25) is 5.91 Å². The SMILES string of the molecule is CCCC(C)(N)C(=O)N(CC)c1cccc(C)c1. The van der Waals surface area contributed by atoms with Crippen molar-refractivity contribution >= 4 is 11.6 Å². The van der Waals surface area contributed by atoms with Gasteiger partial charge >= 0.3 is 0 Å². The van der Waals surface area contributed by atoms with E-state index in [-0.39, 0.29) is 5.91 Å². The number of hydrogen-bond donors (Lipinski definition) is 1. The van der Waals surface area contributed by atoms with E-state index in [4.69, 9.17) is 5.73 Å². The Morgan fingerprint density at radius 2 is 2.06 bits per heavy atom. The molecule has 0 spiro atoms. The number of carbonyl (C=O) groups excluding carboxylic acids is 1. The van der Waals surface area contributed by atoms with Crippen molar-refractivity contribution in [3.05, 3.63) is 29.8 Å². The molecule has 0 bridgehead atoms. The highest BCUT2D eigenvalue weighted by Gasteiger charge is 2.31. The number of nitrogens with zero attached hydrogens (tertiary/aromatic N) is 1. The zero-order valence-corrected chi connectivity index (χ0v) is 11.9. The topological polar surface area (TPSA) is 46.3 Å². The van der Waals surface area contributed by atoms with Crippen molar-refractivity contribution in [3.8, 4) is 0 Å². The zero-order valence-electron chi connectivity index (χ0n) is 11.9. The van der Waals surface area contributed by atoms with Gasteiger partial charge in [-0.15, -0.1) is 0 Å². The Morgan fingerprint density at radius 3 is 2.56 bits per heavy atom. The number of anilines is 1. The Balaban J connectivity index is 3.00. The van der Waals surface area contributed by atoms with Crippen LogP contribution in [0.3, 0.4) is 0 Å². The maximum Gasteiger partial charge on any atom is 0.246 e. The van der Waals surface area contributed by atoms with Gasteiger partial charge in [-0.05, 0) is 44.9 Å². The summed E-state index contributed by atoms with van der Waals surface area (Å²) in [7, 11) is 0. The predicted octanol–water partition coefficient (Wildman–Crippen LogP) is 2.87. The first-order valence-electron chi connectivity index (χ1n) is 6.60. The number of hydrogen-bond acceptors (Lipinski definition) is 2. The standard InChI is InChI=1S/C15H24N2O/c1-5-10-15(4,16)14(18)17(6-2)13-9-7-8-12(3)11-13/h7-9,11H,5-6,10,16H2,1-4H3. The summed E-state index contributed by atoms with van der Waals surface area (Å²) in [6.07, 6.45) is 1.61. The van der Waals surface area contributed by atoms with Crippen LogP contribution in [-0.2, 0) is 4.79 Å². The average molecular weight is 248 g/mol. The number of rotatable bonds is 5. The zero-order chi connectivity index (χ0) is 13.8. The molecule has 0 aliphatic rings. The summed E-state index contributed by atoms with van der Waals surface area (Å²) in [5, 5.41) is 0. The van der Waals surface area contributed by atoms with Gasteiger partial charge in [0.15, 0.2) is 0 Å². The highest BCUT2D eigenvalue weighted by molar-refractivity contribution is 5.99. The number of aryl methyl sites for hydroxylation is 1. The molecule has 2 N–H and O–H groups in total. The first-order valence-corrected chi connectivity index (χ1v) is 6.60. The summed E-state index contributed by atoms with van der Waals surface area (Å²) in [6.45, 7) is 8.50. The van der Waals surface area contributed by atoms with Crippen LogP contribution in [0.1, 0.15) is 39.2 Å². The smallest absolute Gasteiger partial charge is 0.246 e. The molecule has 0 aromatic heterocycles. The van der Waals surface area contributed by atoms with E-state index in [1.807, 2.05) is 52.0 Å². The predicted molar refractivity (Wildman–Crippen MR) is 76.7 cm³/mol. The minimum absolute atomic E-state index is 0.00236. The molecule has 18 heavy (non-hydrogen) atoms. The lowest BCUT2D eigenvalue weighted by Gasteiger charge is -2.31. The molecule has 1 atom stereocenters. The first-order chi connectivity index (χ1) is 8.42. The Kier molecular flexibility index (Phi) is 4.91. The van der Waals surface area contributed by atoms with Crippen LogP contribution in [0.5, 0.6) is 0 Å². The van der Waals surface area contributed by atoms with E-state index in [0.29, 0.717) is 13.0 Å². The van der Waals surface area contributed by atoms with E-state index in [9.17, 15) is 4.79 Å². The molecule has 0 saturated carbocycles. The molecule has 1 rings (SSSR count). The highest BCUT2D eigenvalue weighted by Crippen LogP contribution is 2.21. The van der Waals surface area contributed by atoms with Gasteiger partial charge < -0.3 is 10.6 Å². The van der Waals surface area contributed by atoms with Crippen molar-refractivity contribution in [1.29, 1.82) is 0 Å². The van der Waals surface area contributed by atoms with Gasteiger partial charge in [-0.25, -0.2) is 0 Å². The molecule has 0 heterocycles. The van der Waals surface area contributed by atoms with Crippen LogP contribution in [0.15, 0.2) is 24.3 Å². The third kappa shape index (κ3) is 3.33. The van der Waals surface area contributed by atoms with Crippen molar-refractivity contribution < 1.29 is 4.79 Å². The van der Waals surface area contributed by atoms with Gasteiger partial charge in [-0.2, -0.15) is 0 Å². The molecule has 0 aliphatic carbocycles. The van der Waals surface area contributed by atoms with Crippen LogP contribution in [0.2, 0.25) is 0 Å². The quantitative estimate of drug-likeness (QED) is 0.871. The van der Waals surface area contributed by atoms with E-state index in [1.54, 1.807) is 4.90 Å².